The zero-order chi connectivity index (χ0) is 11.7. The Morgan fingerprint density at radius 2 is 1.67 bits per heavy atom. The van der Waals surface area contributed by atoms with Crippen molar-refractivity contribution >= 4 is 11.9 Å². The third-order valence-corrected chi connectivity index (χ3v) is 1.76. The standard InChI is InChI=1S/C10H19NO4/c1-3-14-9(12)6-5-8(11)7-10(13)15-4-2/h8H,3-7,11H2,1-2H3. The molecule has 0 rings (SSSR count). The van der Waals surface area contributed by atoms with Crippen LogP contribution in [0.3, 0.4) is 0 Å². The van der Waals surface area contributed by atoms with Gasteiger partial charge in [0, 0.05) is 12.5 Å². The summed E-state index contributed by atoms with van der Waals surface area (Å²) >= 11 is 0. The lowest BCUT2D eigenvalue weighted by atomic mass is 10.1. The van der Waals surface area contributed by atoms with Crippen molar-refractivity contribution in [3.8, 4) is 0 Å². The fourth-order valence-electron chi connectivity index (χ4n) is 1.07. The van der Waals surface area contributed by atoms with Crippen LogP contribution in [0.5, 0.6) is 0 Å². The first-order valence-corrected chi connectivity index (χ1v) is 5.16. The number of nitrogens with two attached hydrogens (primary N) is 1. The van der Waals surface area contributed by atoms with E-state index >= 15 is 0 Å². The van der Waals surface area contributed by atoms with Gasteiger partial charge in [0.2, 0.25) is 0 Å². The Balaban J connectivity index is 3.60. The van der Waals surface area contributed by atoms with Crippen LogP contribution in [0.2, 0.25) is 0 Å². The quantitative estimate of drug-likeness (QED) is 0.632. The van der Waals surface area contributed by atoms with Crippen LogP contribution in [-0.4, -0.2) is 31.2 Å². The van der Waals surface area contributed by atoms with Crippen molar-refractivity contribution in [2.24, 2.45) is 5.73 Å². The van der Waals surface area contributed by atoms with Gasteiger partial charge in [-0.25, -0.2) is 0 Å². The summed E-state index contributed by atoms with van der Waals surface area (Å²) in [6, 6.07) is -0.339. The molecule has 0 amide bonds. The lowest BCUT2D eigenvalue weighted by Gasteiger charge is -2.09. The van der Waals surface area contributed by atoms with Gasteiger partial charge in [-0.15, -0.1) is 0 Å². The number of carbonyl (C=O) groups is 2. The second-order valence-electron chi connectivity index (χ2n) is 3.11. The monoisotopic (exact) mass is 217 g/mol. The van der Waals surface area contributed by atoms with Crippen molar-refractivity contribution in [2.45, 2.75) is 39.2 Å². The highest BCUT2D eigenvalue weighted by molar-refractivity contribution is 5.71. The van der Waals surface area contributed by atoms with Gasteiger partial charge >= 0.3 is 11.9 Å². The van der Waals surface area contributed by atoms with Crippen molar-refractivity contribution in [1.82, 2.24) is 0 Å². The maximum absolute atomic E-state index is 11.0. The smallest absolute Gasteiger partial charge is 0.307 e. The number of hydrogen-bond acceptors (Lipinski definition) is 5. The van der Waals surface area contributed by atoms with E-state index in [4.69, 9.17) is 15.2 Å². The zero-order valence-electron chi connectivity index (χ0n) is 9.32. The predicted molar refractivity (Wildman–Crippen MR) is 55.1 cm³/mol. The summed E-state index contributed by atoms with van der Waals surface area (Å²) in [5.41, 5.74) is 5.64. The summed E-state index contributed by atoms with van der Waals surface area (Å²) in [6.45, 7) is 4.20. The minimum Gasteiger partial charge on any atom is -0.466 e. The van der Waals surface area contributed by atoms with Crippen molar-refractivity contribution in [3.05, 3.63) is 0 Å². The number of rotatable bonds is 7. The molecular formula is C10H19NO4. The molecule has 1 unspecified atom stereocenters. The van der Waals surface area contributed by atoms with E-state index in [1.807, 2.05) is 0 Å². The average molecular weight is 217 g/mol. The molecular weight excluding hydrogens is 198 g/mol. The average Bonchev–Trinajstić information content (AvgIpc) is 2.15. The highest BCUT2D eigenvalue weighted by Gasteiger charge is 2.12. The molecule has 2 N–H and O–H groups in total. The van der Waals surface area contributed by atoms with Crippen molar-refractivity contribution < 1.29 is 19.1 Å². The summed E-state index contributed by atoms with van der Waals surface area (Å²) < 4.78 is 9.47. The van der Waals surface area contributed by atoms with Gasteiger partial charge in [-0.2, -0.15) is 0 Å². The highest BCUT2D eigenvalue weighted by Crippen LogP contribution is 2.02. The van der Waals surface area contributed by atoms with E-state index in [0.29, 0.717) is 19.6 Å². The summed E-state index contributed by atoms with van der Waals surface area (Å²) in [7, 11) is 0. The largest absolute Gasteiger partial charge is 0.466 e. The molecule has 0 spiro atoms. The van der Waals surface area contributed by atoms with Crippen LogP contribution in [0, 0.1) is 0 Å². The lowest BCUT2D eigenvalue weighted by Crippen LogP contribution is -2.26. The zero-order valence-corrected chi connectivity index (χ0v) is 9.32. The van der Waals surface area contributed by atoms with Crippen LogP contribution in [0.4, 0.5) is 0 Å². The SMILES string of the molecule is CCOC(=O)CCC(N)CC(=O)OCC. The highest BCUT2D eigenvalue weighted by atomic mass is 16.5. The Morgan fingerprint density at radius 1 is 1.13 bits per heavy atom. The van der Waals surface area contributed by atoms with Crippen LogP contribution in [0.1, 0.15) is 33.1 Å². The van der Waals surface area contributed by atoms with Crippen LogP contribution < -0.4 is 5.73 Å². The van der Waals surface area contributed by atoms with Crippen molar-refractivity contribution in [2.75, 3.05) is 13.2 Å². The number of ether oxygens (including phenoxy) is 2. The molecule has 5 nitrogen and oxygen atoms in total. The van der Waals surface area contributed by atoms with Crippen LogP contribution >= 0.6 is 0 Å². The molecule has 88 valence electrons. The molecule has 0 saturated heterocycles. The topological polar surface area (TPSA) is 78.6 Å². The first-order chi connectivity index (χ1) is 7.10. The molecule has 0 aliphatic rings. The second-order valence-corrected chi connectivity index (χ2v) is 3.11. The molecule has 0 aromatic rings. The molecule has 0 fully saturated rings. The van der Waals surface area contributed by atoms with E-state index < -0.39 is 0 Å². The molecule has 15 heavy (non-hydrogen) atoms. The van der Waals surface area contributed by atoms with Gasteiger partial charge in [0.25, 0.3) is 0 Å². The summed E-state index contributed by atoms with van der Waals surface area (Å²) in [5, 5.41) is 0. The molecule has 0 aromatic heterocycles. The van der Waals surface area contributed by atoms with E-state index in [0.717, 1.165) is 0 Å². The van der Waals surface area contributed by atoms with Crippen LogP contribution in [-0.2, 0) is 19.1 Å². The Hall–Kier alpha value is -1.10. The molecule has 0 saturated carbocycles. The number of carbonyl (C=O) groups excluding carboxylic acids is 2. The Kier molecular flexibility index (Phi) is 7.62. The third kappa shape index (κ3) is 7.93. The maximum atomic E-state index is 11.0. The molecule has 0 aliphatic heterocycles. The summed E-state index contributed by atoms with van der Waals surface area (Å²) in [5.74, 6) is -0.606. The van der Waals surface area contributed by atoms with Gasteiger partial charge in [-0.05, 0) is 20.3 Å². The first-order valence-electron chi connectivity index (χ1n) is 5.16. The van der Waals surface area contributed by atoms with Gasteiger partial charge in [-0.1, -0.05) is 0 Å². The normalized spacial score (nSPS) is 11.9. The molecule has 5 heteroatoms. The van der Waals surface area contributed by atoms with Gasteiger partial charge in [0.15, 0.2) is 0 Å². The second kappa shape index (κ2) is 8.23. The molecule has 0 bridgehead atoms. The van der Waals surface area contributed by atoms with Crippen LogP contribution in [0.15, 0.2) is 0 Å². The Morgan fingerprint density at radius 3 is 2.20 bits per heavy atom. The maximum Gasteiger partial charge on any atom is 0.307 e. The van der Waals surface area contributed by atoms with Gasteiger partial charge in [-0.3, -0.25) is 9.59 Å². The van der Waals surface area contributed by atoms with E-state index in [1.54, 1.807) is 13.8 Å². The molecule has 0 heterocycles. The molecule has 0 radical (unpaired) electrons. The lowest BCUT2D eigenvalue weighted by molar-refractivity contribution is -0.145. The van der Waals surface area contributed by atoms with Crippen molar-refractivity contribution in [3.63, 3.8) is 0 Å². The number of esters is 2. The first kappa shape index (κ1) is 13.9. The molecule has 1 atom stereocenters. The number of hydrogen-bond donors (Lipinski definition) is 1. The Bertz CT molecular complexity index is 206. The van der Waals surface area contributed by atoms with Crippen molar-refractivity contribution in [1.29, 1.82) is 0 Å². The van der Waals surface area contributed by atoms with E-state index in [1.165, 1.54) is 0 Å². The van der Waals surface area contributed by atoms with Crippen LogP contribution in [0.25, 0.3) is 0 Å². The van der Waals surface area contributed by atoms with Gasteiger partial charge in [0.05, 0.1) is 19.6 Å². The molecule has 0 aliphatic carbocycles. The van der Waals surface area contributed by atoms with E-state index in [-0.39, 0.29) is 30.8 Å². The van der Waals surface area contributed by atoms with E-state index in [2.05, 4.69) is 0 Å². The minimum absolute atomic E-state index is 0.146. The summed E-state index contributed by atoms with van der Waals surface area (Å²) in [6.07, 6.45) is 0.833. The molecule has 0 aromatic carbocycles. The van der Waals surface area contributed by atoms with Gasteiger partial charge in [0.1, 0.15) is 0 Å². The third-order valence-electron chi connectivity index (χ3n) is 1.76. The fourth-order valence-corrected chi connectivity index (χ4v) is 1.07. The van der Waals surface area contributed by atoms with Gasteiger partial charge < -0.3 is 15.2 Å². The summed E-state index contributed by atoms with van der Waals surface area (Å²) in [4.78, 5) is 22.0. The Labute approximate surface area is 89.9 Å². The minimum atomic E-state index is -0.339. The fraction of sp³-hybridized carbons (Fsp3) is 0.800. The predicted octanol–water partition coefficient (Wildman–Crippen LogP) is 0.610. The van der Waals surface area contributed by atoms with E-state index in [9.17, 15) is 9.59 Å².